The summed E-state index contributed by atoms with van der Waals surface area (Å²) in [5, 5.41) is 12.8. The van der Waals surface area contributed by atoms with Crippen molar-refractivity contribution < 1.29 is 9.18 Å². The Morgan fingerprint density at radius 1 is 1.24 bits per heavy atom. The highest BCUT2D eigenvalue weighted by molar-refractivity contribution is 5.73. The van der Waals surface area contributed by atoms with Crippen LogP contribution in [0.4, 0.5) is 10.2 Å². The number of halogens is 1. The number of benzene rings is 1. The van der Waals surface area contributed by atoms with Gasteiger partial charge in [0.2, 0.25) is 5.91 Å². The zero-order chi connectivity index (χ0) is 17.6. The molecule has 3 aromatic rings. The number of fused-ring (bicyclic) bond motifs is 1. The molecule has 1 aromatic carbocycles. The summed E-state index contributed by atoms with van der Waals surface area (Å²) in [5.74, 6) is 0.996. The average Bonchev–Trinajstić information content (AvgIpc) is 2.96. The minimum atomic E-state index is -0.330. The van der Waals surface area contributed by atoms with E-state index in [1.807, 2.05) is 19.2 Å². The summed E-state index contributed by atoms with van der Waals surface area (Å²) in [5.41, 5.74) is 1.22. The number of rotatable bonds is 3. The predicted molar refractivity (Wildman–Crippen MR) is 90.6 cm³/mol. The summed E-state index contributed by atoms with van der Waals surface area (Å²) in [6.45, 7) is 3.02. The summed E-state index contributed by atoms with van der Waals surface area (Å²) in [6.07, 6.45) is 0. The molecule has 3 heterocycles. The fourth-order valence-corrected chi connectivity index (χ4v) is 2.90. The van der Waals surface area contributed by atoms with Gasteiger partial charge in [-0.05, 0) is 24.3 Å². The van der Waals surface area contributed by atoms with Gasteiger partial charge in [0.05, 0.1) is 6.04 Å². The lowest BCUT2D eigenvalue weighted by Crippen LogP contribution is -2.59. The standard InChI is InChI=1S/C17H17FN6O/c1-11(25)22(2)14-9-23(10-14)16-7-6-15-19-20-17(24(15)21-16)12-4-3-5-13(18)8-12/h3-8,14H,9-10H2,1-2H3. The van der Waals surface area contributed by atoms with Crippen LogP contribution in [-0.4, -0.2) is 56.8 Å². The van der Waals surface area contributed by atoms with Gasteiger partial charge in [0.15, 0.2) is 11.5 Å². The molecule has 0 saturated carbocycles. The van der Waals surface area contributed by atoms with Crippen LogP contribution in [0.15, 0.2) is 36.4 Å². The third-order valence-corrected chi connectivity index (χ3v) is 4.56. The van der Waals surface area contributed by atoms with Gasteiger partial charge in [-0.2, -0.15) is 4.52 Å². The highest BCUT2D eigenvalue weighted by atomic mass is 19.1. The Labute approximate surface area is 143 Å². The van der Waals surface area contributed by atoms with Crippen molar-refractivity contribution in [2.75, 3.05) is 25.0 Å². The second-order valence-electron chi connectivity index (χ2n) is 6.18. The third-order valence-electron chi connectivity index (χ3n) is 4.56. The normalized spacial score (nSPS) is 14.6. The van der Waals surface area contributed by atoms with Crippen LogP contribution in [0.1, 0.15) is 6.92 Å². The van der Waals surface area contributed by atoms with Crippen molar-refractivity contribution in [1.29, 1.82) is 0 Å². The number of hydrogen-bond donors (Lipinski definition) is 0. The molecule has 4 rings (SSSR count). The van der Waals surface area contributed by atoms with E-state index >= 15 is 0 Å². The molecule has 0 unspecified atom stereocenters. The number of nitrogens with zero attached hydrogens (tertiary/aromatic N) is 6. The van der Waals surface area contributed by atoms with Gasteiger partial charge in [-0.25, -0.2) is 4.39 Å². The Hall–Kier alpha value is -3.03. The topological polar surface area (TPSA) is 66.6 Å². The largest absolute Gasteiger partial charge is 0.351 e. The zero-order valence-electron chi connectivity index (χ0n) is 13.9. The Bertz CT molecular complexity index is 949. The van der Waals surface area contributed by atoms with Crippen LogP contribution in [-0.2, 0) is 4.79 Å². The first-order valence-corrected chi connectivity index (χ1v) is 7.99. The van der Waals surface area contributed by atoms with Crippen molar-refractivity contribution in [1.82, 2.24) is 24.7 Å². The molecule has 1 amide bonds. The van der Waals surface area contributed by atoms with E-state index < -0.39 is 0 Å². The number of carbonyl (C=O) groups excluding carboxylic acids is 1. The smallest absolute Gasteiger partial charge is 0.219 e. The Kier molecular flexibility index (Phi) is 3.60. The number of aromatic nitrogens is 4. The van der Waals surface area contributed by atoms with E-state index in [0.29, 0.717) is 17.0 Å². The first-order chi connectivity index (χ1) is 12.0. The fraction of sp³-hybridized carbons (Fsp3) is 0.294. The number of hydrogen-bond acceptors (Lipinski definition) is 5. The van der Waals surface area contributed by atoms with Crippen molar-refractivity contribution in [3.05, 3.63) is 42.2 Å². The SMILES string of the molecule is CC(=O)N(C)C1CN(c2ccc3nnc(-c4cccc(F)c4)n3n2)C1. The van der Waals surface area contributed by atoms with E-state index in [-0.39, 0.29) is 17.8 Å². The molecule has 1 fully saturated rings. The van der Waals surface area contributed by atoms with Gasteiger partial charge < -0.3 is 9.80 Å². The van der Waals surface area contributed by atoms with Gasteiger partial charge in [-0.1, -0.05) is 12.1 Å². The third kappa shape index (κ3) is 2.69. The van der Waals surface area contributed by atoms with Gasteiger partial charge in [-0.3, -0.25) is 4.79 Å². The van der Waals surface area contributed by atoms with Crippen LogP contribution in [0.3, 0.4) is 0 Å². The molecular weight excluding hydrogens is 323 g/mol. The summed E-state index contributed by atoms with van der Waals surface area (Å²) in [4.78, 5) is 15.3. The van der Waals surface area contributed by atoms with E-state index in [9.17, 15) is 9.18 Å². The first-order valence-electron chi connectivity index (χ1n) is 7.99. The van der Waals surface area contributed by atoms with Crippen molar-refractivity contribution in [2.24, 2.45) is 0 Å². The molecule has 0 atom stereocenters. The van der Waals surface area contributed by atoms with Gasteiger partial charge in [0, 0.05) is 32.6 Å². The van der Waals surface area contributed by atoms with E-state index in [0.717, 1.165) is 18.9 Å². The highest BCUT2D eigenvalue weighted by Gasteiger charge is 2.32. The van der Waals surface area contributed by atoms with Crippen LogP contribution < -0.4 is 4.90 Å². The fourth-order valence-electron chi connectivity index (χ4n) is 2.90. The molecule has 0 spiro atoms. The van der Waals surface area contributed by atoms with Crippen LogP contribution in [0.25, 0.3) is 17.0 Å². The molecule has 0 N–H and O–H groups in total. The van der Waals surface area contributed by atoms with Crippen LogP contribution in [0.2, 0.25) is 0 Å². The maximum Gasteiger partial charge on any atom is 0.219 e. The van der Waals surface area contributed by atoms with E-state index in [2.05, 4.69) is 20.2 Å². The lowest BCUT2D eigenvalue weighted by atomic mass is 10.1. The predicted octanol–water partition coefficient (Wildman–Crippen LogP) is 1.60. The molecule has 1 aliphatic rings. The molecule has 1 saturated heterocycles. The summed E-state index contributed by atoms with van der Waals surface area (Å²) >= 11 is 0. The Morgan fingerprint density at radius 2 is 2.04 bits per heavy atom. The molecule has 8 heteroatoms. The summed E-state index contributed by atoms with van der Waals surface area (Å²) < 4.78 is 15.1. The number of carbonyl (C=O) groups is 1. The van der Waals surface area contributed by atoms with Gasteiger partial charge >= 0.3 is 0 Å². The van der Waals surface area contributed by atoms with E-state index in [1.165, 1.54) is 12.1 Å². The van der Waals surface area contributed by atoms with Gasteiger partial charge in [0.1, 0.15) is 11.6 Å². The molecule has 2 aromatic heterocycles. The van der Waals surface area contributed by atoms with E-state index in [4.69, 9.17) is 0 Å². The molecule has 0 radical (unpaired) electrons. The lowest BCUT2D eigenvalue weighted by Gasteiger charge is -2.44. The van der Waals surface area contributed by atoms with Crippen LogP contribution in [0.5, 0.6) is 0 Å². The monoisotopic (exact) mass is 340 g/mol. The van der Waals surface area contributed by atoms with Gasteiger partial charge in [-0.15, -0.1) is 15.3 Å². The average molecular weight is 340 g/mol. The maximum atomic E-state index is 13.5. The molecular formula is C17H17FN6O. The summed E-state index contributed by atoms with van der Waals surface area (Å²) in [7, 11) is 1.81. The summed E-state index contributed by atoms with van der Waals surface area (Å²) in [6, 6.07) is 10.1. The van der Waals surface area contributed by atoms with E-state index in [1.54, 1.807) is 28.5 Å². The second-order valence-corrected chi connectivity index (χ2v) is 6.18. The number of amides is 1. The highest BCUT2D eigenvalue weighted by Crippen LogP contribution is 2.24. The van der Waals surface area contributed by atoms with Crippen LogP contribution in [0, 0.1) is 5.82 Å². The Morgan fingerprint density at radius 3 is 2.76 bits per heavy atom. The quantitative estimate of drug-likeness (QED) is 0.724. The molecule has 1 aliphatic heterocycles. The lowest BCUT2D eigenvalue weighted by molar-refractivity contribution is -0.130. The minimum absolute atomic E-state index is 0.0558. The van der Waals surface area contributed by atoms with Crippen molar-refractivity contribution in [2.45, 2.75) is 13.0 Å². The Balaban J connectivity index is 1.63. The van der Waals surface area contributed by atoms with Gasteiger partial charge in [0.25, 0.3) is 0 Å². The first kappa shape index (κ1) is 15.5. The minimum Gasteiger partial charge on any atom is -0.351 e. The molecule has 7 nitrogen and oxygen atoms in total. The molecule has 0 bridgehead atoms. The molecule has 0 aliphatic carbocycles. The molecule has 25 heavy (non-hydrogen) atoms. The second kappa shape index (κ2) is 5.80. The van der Waals surface area contributed by atoms with Crippen LogP contribution >= 0.6 is 0 Å². The zero-order valence-corrected chi connectivity index (χ0v) is 13.9. The molecule has 128 valence electrons. The number of anilines is 1. The van der Waals surface area contributed by atoms with Crippen molar-refractivity contribution in [3.63, 3.8) is 0 Å². The maximum absolute atomic E-state index is 13.5. The number of likely N-dealkylation sites (N-methyl/N-ethyl adjacent to an activating group) is 1. The van der Waals surface area contributed by atoms with Crippen molar-refractivity contribution >= 4 is 17.4 Å². The van der Waals surface area contributed by atoms with Crippen molar-refractivity contribution in [3.8, 4) is 11.4 Å².